The van der Waals surface area contributed by atoms with Crippen molar-refractivity contribution in [3.05, 3.63) is 65.2 Å². The summed E-state index contributed by atoms with van der Waals surface area (Å²) in [5.74, 6) is -1.28. The number of nitrogens with zero attached hydrogens (tertiary/aromatic N) is 1. The lowest BCUT2D eigenvalue weighted by Crippen LogP contribution is -2.35. The minimum absolute atomic E-state index is 0.195. The Morgan fingerprint density at radius 1 is 0.889 bits per heavy atom. The van der Waals surface area contributed by atoms with E-state index in [1.165, 1.54) is 0 Å². The zero-order valence-corrected chi connectivity index (χ0v) is 16.3. The molecule has 0 radical (unpaired) electrons. The Kier molecular flexibility index (Phi) is 4.82. The molecule has 6 nitrogen and oxygen atoms in total. The van der Waals surface area contributed by atoms with Crippen LogP contribution in [0.5, 0.6) is 0 Å². The van der Waals surface area contributed by atoms with Crippen LogP contribution in [-0.2, 0) is 15.4 Å². The second kappa shape index (κ2) is 6.81. The minimum Gasteiger partial charge on any atom is -0.283 e. The van der Waals surface area contributed by atoms with Crippen LogP contribution in [0.25, 0.3) is 0 Å². The van der Waals surface area contributed by atoms with Crippen molar-refractivity contribution in [1.82, 2.24) is 4.90 Å². The Hall–Kier alpha value is -2.67. The predicted octanol–water partition coefficient (Wildman–Crippen LogP) is 3.02. The zero-order chi connectivity index (χ0) is 19.8. The molecule has 0 atom stereocenters. The number of fused-ring (bicyclic) bond motifs is 1. The molecule has 2 aromatic carbocycles. The maximum atomic E-state index is 12.6. The molecule has 0 fully saturated rings. The van der Waals surface area contributed by atoms with Crippen molar-refractivity contribution >= 4 is 27.5 Å². The fourth-order valence-electron chi connectivity index (χ4n) is 3.10. The van der Waals surface area contributed by atoms with Gasteiger partial charge in [0.25, 0.3) is 11.8 Å². The third-order valence-corrected chi connectivity index (χ3v) is 5.71. The maximum absolute atomic E-state index is 12.6. The molecule has 0 saturated carbocycles. The molecule has 2 amide bonds. The van der Waals surface area contributed by atoms with Gasteiger partial charge in [-0.2, -0.15) is 0 Å². The van der Waals surface area contributed by atoms with Crippen LogP contribution in [0.2, 0.25) is 0 Å². The first-order chi connectivity index (χ1) is 12.6. The lowest BCUT2D eigenvalue weighted by molar-refractivity contribution is 0.0664. The van der Waals surface area contributed by atoms with Gasteiger partial charge >= 0.3 is 0 Å². The van der Waals surface area contributed by atoms with E-state index in [0.29, 0.717) is 16.8 Å². The van der Waals surface area contributed by atoms with Crippen molar-refractivity contribution in [3.8, 4) is 0 Å². The van der Waals surface area contributed by atoms with Crippen molar-refractivity contribution in [1.29, 1.82) is 0 Å². The molecule has 2 aromatic rings. The highest BCUT2D eigenvalue weighted by Crippen LogP contribution is 2.30. The number of imide groups is 1. The van der Waals surface area contributed by atoms with Crippen LogP contribution in [0.3, 0.4) is 0 Å². The van der Waals surface area contributed by atoms with E-state index in [9.17, 15) is 18.0 Å². The molecular weight excluding hydrogens is 364 g/mol. The number of sulfonamides is 1. The number of hydrogen-bond acceptors (Lipinski definition) is 4. The number of nitrogens with one attached hydrogen (secondary N) is 1. The van der Waals surface area contributed by atoms with Gasteiger partial charge in [-0.25, -0.2) is 8.42 Å². The lowest BCUT2D eigenvalue weighted by Gasteiger charge is -2.23. The second-order valence-corrected chi connectivity index (χ2v) is 9.37. The minimum atomic E-state index is -3.74. The number of para-hydroxylation sites is 1. The summed E-state index contributed by atoms with van der Waals surface area (Å²) in [6, 6.07) is 13.7. The molecule has 1 heterocycles. The van der Waals surface area contributed by atoms with Crippen LogP contribution in [0.15, 0.2) is 48.5 Å². The Balaban J connectivity index is 1.74. The summed E-state index contributed by atoms with van der Waals surface area (Å²) < 4.78 is 27.7. The lowest BCUT2D eigenvalue weighted by atomic mass is 9.86. The van der Waals surface area contributed by atoms with Gasteiger partial charge in [0.05, 0.1) is 22.6 Å². The quantitative estimate of drug-likeness (QED) is 0.801. The Morgan fingerprint density at radius 2 is 1.41 bits per heavy atom. The fraction of sp³-hybridized carbons (Fsp3) is 0.300. The fourth-order valence-corrected chi connectivity index (χ4v) is 4.14. The van der Waals surface area contributed by atoms with E-state index in [4.69, 9.17) is 0 Å². The van der Waals surface area contributed by atoms with E-state index in [1.54, 1.807) is 36.4 Å². The summed E-state index contributed by atoms with van der Waals surface area (Å²) in [6.45, 7) is 5.80. The van der Waals surface area contributed by atoms with E-state index in [-0.39, 0.29) is 17.7 Å². The predicted molar refractivity (Wildman–Crippen MR) is 104 cm³/mol. The highest BCUT2D eigenvalue weighted by atomic mass is 32.2. The average molecular weight is 386 g/mol. The molecule has 1 aliphatic heterocycles. The Bertz CT molecular complexity index is 972. The molecule has 0 saturated heterocycles. The van der Waals surface area contributed by atoms with Crippen LogP contribution in [0, 0.1) is 0 Å². The van der Waals surface area contributed by atoms with Crippen LogP contribution in [0.1, 0.15) is 47.1 Å². The molecule has 0 unspecified atom stereocenters. The number of anilines is 1. The number of rotatable bonds is 5. The molecule has 27 heavy (non-hydrogen) atoms. The summed E-state index contributed by atoms with van der Waals surface area (Å²) in [7, 11) is -3.74. The first kappa shape index (κ1) is 19.1. The SMILES string of the molecule is CC(C)(C)c1ccccc1NS(=O)(=O)CCN1C(=O)c2ccccc2C1=O. The van der Waals surface area contributed by atoms with Gasteiger partial charge in [0.15, 0.2) is 0 Å². The summed E-state index contributed by atoms with van der Waals surface area (Å²) in [4.78, 5) is 25.7. The summed E-state index contributed by atoms with van der Waals surface area (Å²) in [5, 5.41) is 0. The summed E-state index contributed by atoms with van der Waals surface area (Å²) in [6.07, 6.45) is 0. The van der Waals surface area contributed by atoms with Crippen molar-refractivity contribution in [3.63, 3.8) is 0 Å². The van der Waals surface area contributed by atoms with Crippen LogP contribution in [0.4, 0.5) is 5.69 Å². The van der Waals surface area contributed by atoms with Gasteiger partial charge in [0.2, 0.25) is 10.0 Å². The van der Waals surface area contributed by atoms with Crippen LogP contribution >= 0.6 is 0 Å². The number of benzene rings is 2. The number of hydrogen-bond donors (Lipinski definition) is 1. The van der Waals surface area contributed by atoms with Crippen LogP contribution in [-0.4, -0.2) is 37.4 Å². The summed E-state index contributed by atoms with van der Waals surface area (Å²) >= 11 is 0. The molecule has 0 spiro atoms. The standard InChI is InChI=1S/C20H22N2O4S/c1-20(2,3)16-10-6-7-11-17(16)21-27(25,26)13-12-22-18(23)14-8-4-5-9-15(14)19(22)24/h4-11,21H,12-13H2,1-3H3. The molecule has 0 aliphatic carbocycles. The van der Waals surface area contributed by atoms with Gasteiger partial charge in [-0.1, -0.05) is 51.1 Å². The van der Waals surface area contributed by atoms with Crippen LogP contribution < -0.4 is 4.72 Å². The van der Waals surface area contributed by atoms with Gasteiger partial charge in [0, 0.05) is 6.54 Å². The highest BCUT2D eigenvalue weighted by molar-refractivity contribution is 7.92. The molecule has 3 rings (SSSR count). The molecule has 1 aliphatic rings. The van der Waals surface area contributed by atoms with Crippen molar-refractivity contribution < 1.29 is 18.0 Å². The first-order valence-electron chi connectivity index (χ1n) is 8.65. The van der Waals surface area contributed by atoms with Gasteiger partial charge in [-0.15, -0.1) is 0 Å². The maximum Gasteiger partial charge on any atom is 0.261 e. The van der Waals surface area contributed by atoms with E-state index in [0.717, 1.165) is 10.5 Å². The molecule has 142 valence electrons. The second-order valence-electron chi connectivity index (χ2n) is 7.52. The molecular formula is C20H22N2O4S. The Morgan fingerprint density at radius 3 is 1.96 bits per heavy atom. The van der Waals surface area contributed by atoms with E-state index < -0.39 is 21.8 Å². The van der Waals surface area contributed by atoms with E-state index >= 15 is 0 Å². The van der Waals surface area contributed by atoms with Crippen molar-refractivity contribution in [2.24, 2.45) is 0 Å². The van der Waals surface area contributed by atoms with E-state index in [1.807, 2.05) is 32.9 Å². The largest absolute Gasteiger partial charge is 0.283 e. The third kappa shape index (κ3) is 3.88. The Labute approximate surface area is 159 Å². The third-order valence-electron chi connectivity index (χ3n) is 4.46. The van der Waals surface area contributed by atoms with E-state index in [2.05, 4.69) is 4.72 Å². The van der Waals surface area contributed by atoms with Gasteiger partial charge < -0.3 is 0 Å². The first-order valence-corrected chi connectivity index (χ1v) is 10.3. The summed E-state index contributed by atoms with van der Waals surface area (Å²) in [5.41, 5.74) is 1.76. The smallest absolute Gasteiger partial charge is 0.261 e. The van der Waals surface area contributed by atoms with Gasteiger partial charge in [-0.05, 0) is 29.2 Å². The number of carbonyl (C=O) groups excluding carboxylic acids is 2. The number of carbonyl (C=O) groups is 2. The average Bonchev–Trinajstić information content (AvgIpc) is 2.84. The monoisotopic (exact) mass is 386 g/mol. The highest BCUT2D eigenvalue weighted by Gasteiger charge is 2.35. The van der Waals surface area contributed by atoms with Gasteiger partial charge in [0.1, 0.15) is 0 Å². The van der Waals surface area contributed by atoms with Crippen molar-refractivity contribution in [2.75, 3.05) is 17.0 Å². The normalized spacial score (nSPS) is 14.4. The van der Waals surface area contributed by atoms with Gasteiger partial charge in [-0.3, -0.25) is 19.2 Å². The van der Waals surface area contributed by atoms with Crippen molar-refractivity contribution in [2.45, 2.75) is 26.2 Å². The zero-order valence-electron chi connectivity index (χ0n) is 15.5. The molecule has 0 bridgehead atoms. The molecule has 0 aromatic heterocycles. The molecule has 1 N–H and O–H groups in total. The topological polar surface area (TPSA) is 83.6 Å². The number of amides is 2. The molecule has 7 heteroatoms.